The van der Waals surface area contributed by atoms with E-state index in [1.807, 2.05) is 12.5 Å². The van der Waals surface area contributed by atoms with Gasteiger partial charge >= 0.3 is 0 Å². The van der Waals surface area contributed by atoms with Crippen molar-refractivity contribution in [1.82, 2.24) is 0 Å². The Morgan fingerprint density at radius 3 is 1.47 bits per heavy atom. The molecule has 184 valence electrons. The van der Waals surface area contributed by atoms with Gasteiger partial charge in [-0.3, -0.25) is 4.21 Å². The highest BCUT2D eigenvalue weighted by Gasteiger charge is 2.35. The van der Waals surface area contributed by atoms with E-state index >= 15 is 4.57 Å². The van der Waals surface area contributed by atoms with Gasteiger partial charge in [-0.1, -0.05) is 59.7 Å². The fourth-order valence-electron chi connectivity index (χ4n) is 5.40. The quantitative estimate of drug-likeness (QED) is 0.244. The lowest BCUT2D eigenvalue weighted by molar-refractivity contribution is 0.592. The predicted octanol–water partition coefficient (Wildman–Crippen LogP) is 5.78. The van der Waals surface area contributed by atoms with Crippen molar-refractivity contribution in [3.8, 4) is 0 Å². The second-order valence-corrected chi connectivity index (χ2v) is 16.7. The summed E-state index contributed by atoms with van der Waals surface area (Å²) < 4.78 is 27.3. The molecule has 0 aliphatic rings. The second-order valence-electron chi connectivity index (χ2n) is 10.5. The Balaban J connectivity index is 2.10. The molecular formula is C30H41O2PS. The first-order valence-corrected chi connectivity index (χ1v) is 16.7. The van der Waals surface area contributed by atoms with Crippen molar-refractivity contribution in [1.29, 1.82) is 0 Å². The highest BCUT2D eigenvalue weighted by Crippen LogP contribution is 2.46. The molecule has 0 aliphatic carbocycles. The maximum atomic E-state index is 15.4. The minimum atomic E-state index is -3.08. The van der Waals surface area contributed by atoms with E-state index in [0.717, 1.165) is 63.2 Å². The van der Waals surface area contributed by atoms with E-state index in [2.05, 4.69) is 90.1 Å². The minimum Gasteiger partial charge on any atom is -0.309 e. The Morgan fingerprint density at radius 1 is 0.676 bits per heavy atom. The third-order valence-electron chi connectivity index (χ3n) is 6.61. The molecule has 0 amide bonds. The van der Waals surface area contributed by atoms with Gasteiger partial charge < -0.3 is 4.57 Å². The van der Waals surface area contributed by atoms with Crippen LogP contribution in [0.2, 0.25) is 0 Å². The molecule has 0 unspecified atom stereocenters. The lowest BCUT2D eigenvalue weighted by atomic mass is 10.1. The zero-order valence-electron chi connectivity index (χ0n) is 22.2. The van der Waals surface area contributed by atoms with Crippen LogP contribution in [0.1, 0.15) is 51.8 Å². The normalized spacial score (nSPS) is 12.7. The molecule has 0 spiro atoms. The van der Waals surface area contributed by atoms with E-state index in [1.54, 1.807) is 0 Å². The molecule has 4 heteroatoms. The third-order valence-corrected chi connectivity index (χ3v) is 11.7. The summed E-state index contributed by atoms with van der Waals surface area (Å²) in [5, 5.41) is 2.85. The van der Waals surface area contributed by atoms with E-state index in [1.165, 1.54) is 16.7 Å². The molecule has 3 rings (SSSR count). The van der Waals surface area contributed by atoms with Gasteiger partial charge in [-0.05, 0) is 101 Å². The fourth-order valence-corrected chi connectivity index (χ4v) is 9.94. The standard InChI is InChI=1S/C30H41O2PS/c1-21-17-23(3)29(24(4)18-21)33(31,30-25(5)19-22(2)20-26(30)6)28-14-12-27(13-15-28)11-9-10-16-34(7,8)32/h12-15,17-20,34H,9-11,16H2,1-8H3. The highest BCUT2D eigenvalue weighted by molar-refractivity contribution is 8.01. The molecule has 0 radical (unpaired) electrons. The predicted molar refractivity (Wildman–Crippen MR) is 153 cm³/mol. The van der Waals surface area contributed by atoms with Crippen LogP contribution in [0.5, 0.6) is 0 Å². The molecule has 0 N–H and O–H groups in total. The number of aryl methyl sites for hydroxylation is 7. The molecule has 0 aliphatic heterocycles. The molecule has 0 atom stereocenters. The monoisotopic (exact) mass is 496 g/mol. The van der Waals surface area contributed by atoms with Crippen molar-refractivity contribution in [2.24, 2.45) is 0 Å². The molecule has 3 aromatic carbocycles. The fraction of sp³-hybridized carbons (Fsp3) is 0.400. The third kappa shape index (κ3) is 5.81. The van der Waals surface area contributed by atoms with Crippen LogP contribution in [0.15, 0.2) is 48.5 Å². The van der Waals surface area contributed by atoms with Crippen LogP contribution in [-0.4, -0.2) is 22.5 Å². The lowest BCUT2D eigenvalue weighted by Crippen LogP contribution is -2.31. The summed E-state index contributed by atoms with van der Waals surface area (Å²) in [6.07, 6.45) is 6.69. The second kappa shape index (κ2) is 10.3. The van der Waals surface area contributed by atoms with E-state index in [9.17, 15) is 4.21 Å². The molecule has 2 nitrogen and oxygen atoms in total. The molecule has 0 aromatic heterocycles. The minimum absolute atomic E-state index is 0.804. The smallest absolute Gasteiger partial charge is 0.172 e. The van der Waals surface area contributed by atoms with Crippen LogP contribution in [-0.2, 0) is 20.9 Å². The van der Waals surface area contributed by atoms with Crippen LogP contribution >= 0.6 is 7.14 Å². The molecule has 0 saturated carbocycles. The topological polar surface area (TPSA) is 34.1 Å². The van der Waals surface area contributed by atoms with Crippen LogP contribution in [0.25, 0.3) is 0 Å². The van der Waals surface area contributed by atoms with Crippen molar-refractivity contribution in [3.05, 3.63) is 87.5 Å². The average molecular weight is 497 g/mol. The molecule has 0 saturated heterocycles. The number of hydrogen-bond acceptors (Lipinski definition) is 2. The maximum absolute atomic E-state index is 15.4. The van der Waals surface area contributed by atoms with Gasteiger partial charge in [0.05, 0.1) is 0 Å². The summed E-state index contributed by atoms with van der Waals surface area (Å²) in [4.78, 5) is 0. The van der Waals surface area contributed by atoms with E-state index < -0.39 is 17.1 Å². The highest BCUT2D eigenvalue weighted by atomic mass is 32.2. The molecule has 3 aromatic rings. The Morgan fingerprint density at radius 2 is 1.09 bits per heavy atom. The van der Waals surface area contributed by atoms with Gasteiger partial charge in [-0.15, -0.1) is 9.93 Å². The van der Waals surface area contributed by atoms with Gasteiger partial charge in [-0.2, -0.15) is 0 Å². The van der Waals surface area contributed by atoms with Crippen LogP contribution in [0.4, 0.5) is 0 Å². The van der Waals surface area contributed by atoms with Crippen LogP contribution in [0.3, 0.4) is 0 Å². The van der Waals surface area contributed by atoms with Gasteiger partial charge in [0.1, 0.15) is 0 Å². The number of thiol groups is 1. The average Bonchev–Trinajstić information content (AvgIpc) is 2.69. The summed E-state index contributed by atoms with van der Waals surface area (Å²) in [5.41, 5.74) is 8.00. The van der Waals surface area contributed by atoms with E-state index in [-0.39, 0.29) is 0 Å². The van der Waals surface area contributed by atoms with Crippen molar-refractivity contribution >= 4 is 33.0 Å². The first-order chi connectivity index (χ1) is 15.8. The number of rotatable bonds is 8. The maximum Gasteiger partial charge on any atom is 0.172 e. The van der Waals surface area contributed by atoms with Gasteiger partial charge in [-0.25, -0.2) is 0 Å². The van der Waals surface area contributed by atoms with Gasteiger partial charge in [0, 0.05) is 21.7 Å². The van der Waals surface area contributed by atoms with E-state index in [4.69, 9.17) is 0 Å². The van der Waals surface area contributed by atoms with Gasteiger partial charge in [0.15, 0.2) is 7.14 Å². The lowest BCUT2D eigenvalue weighted by Gasteiger charge is -2.27. The summed E-state index contributed by atoms with van der Waals surface area (Å²) in [7, 11) is -5.03. The Labute approximate surface area is 208 Å². The molecule has 0 heterocycles. The Kier molecular flexibility index (Phi) is 8.10. The zero-order valence-corrected chi connectivity index (χ0v) is 23.9. The first kappa shape index (κ1) is 26.6. The number of unbranched alkanes of at least 4 members (excludes halogenated alkanes) is 1. The largest absolute Gasteiger partial charge is 0.309 e. The van der Waals surface area contributed by atoms with Crippen molar-refractivity contribution in [2.75, 3.05) is 18.3 Å². The van der Waals surface area contributed by atoms with Crippen molar-refractivity contribution in [3.63, 3.8) is 0 Å². The SMILES string of the molecule is Cc1cc(C)c(P(=O)(c2ccc(CCCC[SH](C)(C)=O)cc2)c2c(C)cc(C)cc2C)c(C)c1. The summed E-state index contributed by atoms with van der Waals surface area (Å²) in [6.45, 7) is 12.6. The summed E-state index contributed by atoms with van der Waals surface area (Å²) >= 11 is 0. The molecule has 34 heavy (non-hydrogen) atoms. The number of hydrogen-bond donors (Lipinski definition) is 1. The molecular weight excluding hydrogens is 455 g/mol. The Hall–Kier alpha value is -1.96. The van der Waals surface area contributed by atoms with Gasteiger partial charge in [0.2, 0.25) is 0 Å². The van der Waals surface area contributed by atoms with Crippen LogP contribution < -0.4 is 15.9 Å². The Bertz CT molecular complexity index is 1170. The summed E-state index contributed by atoms with van der Waals surface area (Å²) in [6, 6.07) is 17.1. The van der Waals surface area contributed by atoms with E-state index in [0.29, 0.717) is 0 Å². The van der Waals surface area contributed by atoms with Crippen molar-refractivity contribution in [2.45, 2.75) is 60.8 Å². The first-order valence-electron chi connectivity index (χ1n) is 12.2. The van der Waals surface area contributed by atoms with Crippen molar-refractivity contribution < 1.29 is 8.77 Å². The zero-order chi connectivity index (χ0) is 25.3. The van der Waals surface area contributed by atoms with Crippen LogP contribution in [0, 0.1) is 41.5 Å². The summed E-state index contributed by atoms with van der Waals surface area (Å²) in [5.74, 6) is 0.804. The molecule has 0 fully saturated rings. The number of benzene rings is 3. The van der Waals surface area contributed by atoms with Gasteiger partial charge in [0.25, 0.3) is 0 Å². The molecule has 0 bridgehead atoms.